The highest BCUT2D eigenvalue weighted by Gasteiger charge is 2.25. The molecule has 0 aromatic carbocycles. The van der Waals surface area contributed by atoms with Gasteiger partial charge in [-0.3, -0.25) is 19.4 Å². The van der Waals surface area contributed by atoms with Crippen molar-refractivity contribution in [3.63, 3.8) is 0 Å². The van der Waals surface area contributed by atoms with Crippen molar-refractivity contribution in [3.05, 3.63) is 41.7 Å². The number of piperidine rings is 1. The second-order valence-corrected chi connectivity index (χ2v) is 6.23. The van der Waals surface area contributed by atoms with Gasteiger partial charge in [-0.25, -0.2) is 0 Å². The molecule has 1 amide bonds. The number of hydrogen-bond donors (Lipinski definition) is 0. The van der Waals surface area contributed by atoms with Crippen LogP contribution in [0.5, 0.6) is 0 Å². The lowest BCUT2D eigenvalue weighted by atomic mass is 9.94. The number of aryl methyl sites for hydroxylation is 3. The number of aromatic nitrogens is 4. The van der Waals surface area contributed by atoms with Gasteiger partial charge in [-0.2, -0.15) is 5.10 Å². The highest BCUT2D eigenvalue weighted by atomic mass is 16.2. The SMILES string of the molecule is Cc1cncc([C@H]2CCCN(C(=O)CCn3ccc(C)n3)C2)n1. The van der Waals surface area contributed by atoms with E-state index < -0.39 is 0 Å². The normalized spacial score (nSPS) is 18.2. The van der Waals surface area contributed by atoms with Gasteiger partial charge >= 0.3 is 0 Å². The highest BCUT2D eigenvalue weighted by molar-refractivity contribution is 5.76. The number of nitrogens with zero attached hydrogens (tertiary/aromatic N) is 5. The van der Waals surface area contributed by atoms with Crippen LogP contribution in [-0.2, 0) is 11.3 Å². The van der Waals surface area contributed by atoms with Gasteiger partial charge in [0, 0.05) is 50.6 Å². The summed E-state index contributed by atoms with van der Waals surface area (Å²) >= 11 is 0. The van der Waals surface area contributed by atoms with E-state index in [4.69, 9.17) is 0 Å². The molecule has 2 aromatic heterocycles. The van der Waals surface area contributed by atoms with Gasteiger partial charge in [0.15, 0.2) is 0 Å². The molecule has 0 N–H and O–H groups in total. The van der Waals surface area contributed by atoms with Crippen molar-refractivity contribution in [1.82, 2.24) is 24.6 Å². The second-order valence-electron chi connectivity index (χ2n) is 6.23. The van der Waals surface area contributed by atoms with Crippen LogP contribution in [0.15, 0.2) is 24.7 Å². The molecule has 122 valence electrons. The molecule has 0 aliphatic carbocycles. The fourth-order valence-corrected chi connectivity index (χ4v) is 3.08. The van der Waals surface area contributed by atoms with Gasteiger partial charge in [0.1, 0.15) is 0 Å². The van der Waals surface area contributed by atoms with E-state index in [9.17, 15) is 4.79 Å². The van der Waals surface area contributed by atoms with Gasteiger partial charge in [0.2, 0.25) is 5.91 Å². The predicted molar refractivity (Wildman–Crippen MR) is 86.9 cm³/mol. The lowest BCUT2D eigenvalue weighted by molar-refractivity contribution is -0.132. The van der Waals surface area contributed by atoms with Crippen LogP contribution in [0.2, 0.25) is 0 Å². The van der Waals surface area contributed by atoms with Crippen molar-refractivity contribution < 1.29 is 4.79 Å². The largest absolute Gasteiger partial charge is 0.342 e. The van der Waals surface area contributed by atoms with E-state index >= 15 is 0 Å². The summed E-state index contributed by atoms with van der Waals surface area (Å²) in [7, 11) is 0. The molecule has 0 saturated carbocycles. The zero-order chi connectivity index (χ0) is 16.2. The average molecular weight is 313 g/mol. The Bertz CT molecular complexity index is 681. The van der Waals surface area contributed by atoms with Gasteiger partial charge in [0.05, 0.1) is 17.1 Å². The summed E-state index contributed by atoms with van der Waals surface area (Å²) in [5.41, 5.74) is 2.92. The zero-order valence-electron chi connectivity index (χ0n) is 13.8. The maximum absolute atomic E-state index is 12.5. The Morgan fingerprint density at radius 3 is 2.91 bits per heavy atom. The maximum atomic E-state index is 12.5. The molecule has 0 radical (unpaired) electrons. The van der Waals surface area contributed by atoms with E-state index in [1.165, 1.54) is 0 Å². The van der Waals surface area contributed by atoms with E-state index in [0.29, 0.717) is 18.9 Å². The molecule has 6 heteroatoms. The van der Waals surface area contributed by atoms with Crippen molar-refractivity contribution in [1.29, 1.82) is 0 Å². The van der Waals surface area contributed by atoms with Crippen LogP contribution in [-0.4, -0.2) is 43.6 Å². The van der Waals surface area contributed by atoms with Crippen LogP contribution in [0, 0.1) is 13.8 Å². The fraction of sp³-hybridized carbons (Fsp3) is 0.529. The molecule has 3 heterocycles. The molecule has 1 aliphatic heterocycles. The molecule has 6 nitrogen and oxygen atoms in total. The summed E-state index contributed by atoms with van der Waals surface area (Å²) < 4.78 is 1.83. The molecule has 2 aromatic rings. The summed E-state index contributed by atoms with van der Waals surface area (Å²) in [5, 5.41) is 4.33. The maximum Gasteiger partial charge on any atom is 0.224 e. The minimum atomic E-state index is 0.198. The molecule has 1 saturated heterocycles. The van der Waals surface area contributed by atoms with E-state index in [-0.39, 0.29) is 5.91 Å². The van der Waals surface area contributed by atoms with Crippen LogP contribution >= 0.6 is 0 Å². The first kappa shape index (κ1) is 15.6. The summed E-state index contributed by atoms with van der Waals surface area (Å²) in [6, 6.07) is 1.96. The van der Waals surface area contributed by atoms with Crippen molar-refractivity contribution in [3.8, 4) is 0 Å². The Hall–Kier alpha value is -2.24. The molecule has 1 atom stereocenters. The van der Waals surface area contributed by atoms with Crippen LogP contribution in [0.1, 0.15) is 42.3 Å². The Morgan fingerprint density at radius 1 is 1.30 bits per heavy atom. The quantitative estimate of drug-likeness (QED) is 0.867. The van der Waals surface area contributed by atoms with Crippen LogP contribution in [0.4, 0.5) is 0 Å². The van der Waals surface area contributed by atoms with Gasteiger partial charge < -0.3 is 4.90 Å². The van der Waals surface area contributed by atoms with E-state index in [1.807, 2.05) is 41.9 Å². The van der Waals surface area contributed by atoms with Crippen molar-refractivity contribution in [2.24, 2.45) is 0 Å². The molecule has 0 unspecified atom stereocenters. The molecular formula is C17H23N5O. The molecule has 0 bridgehead atoms. The second kappa shape index (κ2) is 6.89. The Kier molecular flexibility index (Phi) is 4.69. The number of likely N-dealkylation sites (tertiary alicyclic amines) is 1. The lowest BCUT2D eigenvalue weighted by Crippen LogP contribution is -2.39. The summed E-state index contributed by atoms with van der Waals surface area (Å²) in [6.45, 7) is 6.13. The first-order valence-corrected chi connectivity index (χ1v) is 8.18. The topological polar surface area (TPSA) is 63.9 Å². The average Bonchev–Trinajstić information content (AvgIpc) is 2.98. The number of carbonyl (C=O) groups is 1. The first-order valence-electron chi connectivity index (χ1n) is 8.18. The number of rotatable bonds is 4. The third-order valence-corrected chi connectivity index (χ3v) is 4.29. The van der Waals surface area contributed by atoms with E-state index in [1.54, 1.807) is 6.20 Å². The number of carbonyl (C=O) groups excluding carboxylic acids is 1. The molecule has 23 heavy (non-hydrogen) atoms. The third kappa shape index (κ3) is 3.94. The Balaban J connectivity index is 1.58. The van der Waals surface area contributed by atoms with Gasteiger partial charge in [-0.15, -0.1) is 0 Å². The monoisotopic (exact) mass is 313 g/mol. The lowest BCUT2D eigenvalue weighted by Gasteiger charge is -2.32. The van der Waals surface area contributed by atoms with Crippen molar-refractivity contribution >= 4 is 5.91 Å². The minimum absolute atomic E-state index is 0.198. The zero-order valence-corrected chi connectivity index (χ0v) is 13.8. The van der Waals surface area contributed by atoms with Crippen molar-refractivity contribution in [2.45, 2.75) is 45.6 Å². The Morgan fingerprint density at radius 2 is 2.17 bits per heavy atom. The molecule has 1 fully saturated rings. The minimum Gasteiger partial charge on any atom is -0.342 e. The van der Waals surface area contributed by atoms with Crippen LogP contribution in [0.25, 0.3) is 0 Å². The van der Waals surface area contributed by atoms with Gasteiger partial charge in [-0.05, 0) is 32.8 Å². The molecule has 1 aliphatic rings. The smallest absolute Gasteiger partial charge is 0.224 e. The van der Waals surface area contributed by atoms with Crippen LogP contribution < -0.4 is 0 Å². The third-order valence-electron chi connectivity index (χ3n) is 4.29. The Labute approximate surface area is 136 Å². The van der Waals surface area contributed by atoms with Crippen LogP contribution in [0.3, 0.4) is 0 Å². The number of hydrogen-bond acceptors (Lipinski definition) is 4. The van der Waals surface area contributed by atoms with E-state index in [0.717, 1.165) is 43.0 Å². The standard InChI is InChI=1S/C17H23N5O/c1-13-5-8-22(20-13)9-6-17(23)21-7-3-4-15(12-21)16-11-18-10-14(2)19-16/h5,8,10-11,15H,3-4,6-7,9,12H2,1-2H3/t15-/m0/s1. The summed E-state index contributed by atoms with van der Waals surface area (Å²) in [5.74, 6) is 0.496. The predicted octanol–water partition coefficient (Wildman–Crippen LogP) is 2.09. The van der Waals surface area contributed by atoms with Gasteiger partial charge in [0.25, 0.3) is 0 Å². The molecule has 3 rings (SSSR count). The first-order chi connectivity index (χ1) is 11.1. The summed E-state index contributed by atoms with van der Waals surface area (Å²) in [4.78, 5) is 23.2. The van der Waals surface area contributed by atoms with Crippen molar-refractivity contribution in [2.75, 3.05) is 13.1 Å². The fourth-order valence-electron chi connectivity index (χ4n) is 3.08. The molecule has 0 spiro atoms. The van der Waals surface area contributed by atoms with Gasteiger partial charge in [-0.1, -0.05) is 0 Å². The summed E-state index contributed by atoms with van der Waals surface area (Å²) in [6.07, 6.45) is 8.10. The highest BCUT2D eigenvalue weighted by Crippen LogP contribution is 2.25. The molecular weight excluding hydrogens is 290 g/mol. The number of amides is 1. The van der Waals surface area contributed by atoms with E-state index in [2.05, 4.69) is 15.1 Å².